The Hall–Kier alpha value is -4.00. The Morgan fingerprint density at radius 2 is 0.922 bits per heavy atom. The van der Waals surface area contributed by atoms with E-state index in [4.69, 9.17) is 4.74 Å². The first-order chi connectivity index (χ1) is 31.5. The Morgan fingerprint density at radius 3 is 1.42 bits per heavy atom. The third kappa shape index (κ3) is 44.6. The van der Waals surface area contributed by atoms with Gasteiger partial charge < -0.3 is 20.3 Å². The molecule has 0 aliphatic heterocycles. The van der Waals surface area contributed by atoms with Crippen LogP contribution in [-0.4, -0.2) is 46.9 Å². The monoisotopic (exact) mass is 884 g/mol. The van der Waals surface area contributed by atoms with E-state index in [-0.39, 0.29) is 31.3 Å². The van der Waals surface area contributed by atoms with Gasteiger partial charge in [0.15, 0.2) is 0 Å². The summed E-state index contributed by atoms with van der Waals surface area (Å²) in [5.74, 6) is -0.634. The molecule has 0 aliphatic rings. The Kier molecular flexibility index (Phi) is 46.9. The number of aliphatic hydroxyl groups is 2. The Bertz CT molecular complexity index is 1410. The molecule has 0 radical (unpaired) electrons. The highest BCUT2D eigenvalue weighted by atomic mass is 16.5. The van der Waals surface area contributed by atoms with Crippen molar-refractivity contribution in [1.29, 1.82) is 0 Å². The SMILES string of the molecule is CC\C=C/C=C/C=C/C=C\C=C\C=C\CCCC(CC(=O)NC(CO)C(O)CCCCCCCCCCCCCCC)OC(=O)CCC/C=C\C/C=C\C/C=C\C/C=C\C/C=C\CC. The molecule has 0 aliphatic carbocycles. The summed E-state index contributed by atoms with van der Waals surface area (Å²) in [6.45, 7) is 6.17. The normalized spacial score (nSPS) is 14.4. The summed E-state index contributed by atoms with van der Waals surface area (Å²) in [5, 5.41) is 23.7. The second-order valence-electron chi connectivity index (χ2n) is 16.6. The molecule has 0 bridgehead atoms. The van der Waals surface area contributed by atoms with Gasteiger partial charge in [-0.2, -0.15) is 0 Å². The molecule has 3 N–H and O–H groups in total. The Balaban J connectivity index is 4.85. The molecule has 0 aromatic rings. The number of aliphatic hydroxyl groups excluding tert-OH is 2. The molecule has 0 aromatic carbocycles. The van der Waals surface area contributed by atoms with Crippen molar-refractivity contribution in [1.82, 2.24) is 5.32 Å². The van der Waals surface area contributed by atoms with Crippen molar-refractivity contribution in [3.63, 3.8) is 0 Å². The van der Waals surface area contributed by atoms with Crippen molar-refractivity contribution in [2.75, 3.05) is 6.61 Å². The fraction of sp³-hybridized carbons (Fsp3) is 0.586. The van der Waals surface area contributed by atoms with Crippen molar-refractivity contribution in [3.8, 4) is 0 Å². The molecule has 1 amide bonds. The van der Waals surface area contributed by atoms with Crippen LogP contribution in [0.3, 0.4) is 0 Å². The highest BCUT2D eigenvalue weighted by Gasteiger charge is 2.24. The number of hydrogen-bond acceptors (Lipinski definition) is 5. The van der Waals surface area contributed by atoms with E-state index in [0.717, 1.165) is 77.0 Å². The molecular formula is C58H93NO5. The Morgan fingerprint density at radius 1 is 0.484 bits per heavy atom. The zero-order valence-corrected chi connectivity index (χ0v) is 40.9. The number of allylic oxidation sites excluding steroid dienone is 22. The molecule has 0 heterocycles. The highest BCUT2D eigenvalue weighted by Crippen LogP contribution is 2.16. The van der Waals surface area contributed by atoms with E-state index >= 15 is 0 Å². The second kappa shape index (κ2) is 50.0. The molecule has 6 nitrogen and oxygen atoms in total. The minimum atomic E-state index is -0.826. The van der Waals surface area contributed by atoms with Crippen LogP contribution >= 0.6 is 0 Å². The van der Waals surface area contributed by atoms with Crippen LogP contribution in [-0.2, 0) is 14.3 Å². The summed E-state index contributed by atoms with van der Waals surface area (Å²) in [6, 6.07) is -0.747. The van der Waals surface area contributed by atoms with Crippen LogP contribution in [0.2, 0.25) is 0 Å². The second-order valence-corrected chi connectivity index (χ2v) is 16.6. The summed E-state index contributed by atoms with van der Waals surface area (Å²) >= 11 is 0. The van der Waals surface area contributed by atoms with Crippen LogP contribution < -0.4 is 5.32 Å². The molecule has 0 spiro atoms. The van der Waals surface area contributed by atoms with Gasteiger partial charge in [0.2, 0.25) is 5.91 Å². The molecule has 0 aromatic heterocycles. The first-order valence-electron chi connectivity index (χ1n) is 25.5. The number of unbranched alkanes of at least 4 members (excludes halogenated alkanes) is 14. The van der Waals surface area contributed by atoms with Crippen LogP contribution in [0.15, 0.2) is 134 Å². The zero-order valence-electron chi connectivity index (χ0n) is 40.9. The first-order valence-corrected chi connectivity index (χ1v) is 25.5. The van der Waals surface area contributed by atoms with E-state index in [0.29, 0.717) is 19.3 Å². The van der Waals surface area contributed by atoms with Crippen molar-refractivity contribution in [2.45, 2.75) is 212 Å². The van der Waals surface area contributed by atoms with Gasteiger partial charge in [-0.15, -0.1) is 0 Å². The lowest BCUT2D eigenvalue weighted by molar-refractivity contribution is -0.151. The van der Waals surface area contributed by atoms with Crippen LogP contribution in [0.25, 0.3) is 0 Å². The predicted molar refractivity (Wildman–Crippen MR) is 277 cm³/mol. The van der Waals surface area contributed by atoms with Crippen molar-refractivity contribution >= 4 is 11.9 Å². The number of rotatable bonds is 43. The van der Waals surface area contributed by atoms with Gasteiger partial charge in [0.25, 0.3) is 0 Å². The summed E-state index contributed by atoms with van der Waals surface area (Å²) in [5.41, 5.74) is 0. The lowest BCUT2D eigenvalue weighted by atomic mass is 10.0. The minimum Gasteiger partial charge on any atom is -0.462 e. The summed E-state index contributed by atoms with van der Waals surface area (Å²) in [6.07, 6.45) is 70.8. The molecule has 0 fully saturated rings. The number of amides is 1. The number of hydrogen-bond donors (Lipinski definition) is 3. The lowest BCUT2D eigenvalue weighted by Crippen LogP contribution is -2.46. The fourth-order valence-electron chi connectivity index (χ4n) is 6.85. The first kappa shape index (κ1) is 60.0. The van der Waals surface area contributed by atoms with Crippen molar-refractivity contribution in [2.24, 2.45) is 0 Å². The molecule has 6 heteroatoms. The average molecular weight is 884 g/mol. The van der Waals surface area contributed by atoms with Crippen LogP contribution in [0.4, 0.5) is 0 Å². The predicted octanol–water partition coefficient (Wildman–Crippen LogP) is 15.4. The third-order valence-electron chi connectivity index (χ3n) is 10.6. The largest absolute Gasteiger partial charge is 0.462 e. The van der Waals surface area contributed by atoms with E-state index in [2.05, 4.69) is 99.0 Å². The van der Waals surface area contributed by atoms with Gasteiger partial charge in [-0.1, -0.05) is 238 Å². The third-order valence-corrected chi connectivity index (χ3v) is 10.6. The van der Waals surface area contributed by atoms with E-state index in [1.807, 2.05) is 60.8 Å². The summed E-state index contributed by atoms with van der Waals surface area (Å²) in [7, 11) is 0. The molecule has 360 valence electrons. The minimum absolute atomic E-state index is 0.00548. The highest BCUT2D eigenvalue weighted by molar-refractivity contribution is 5.77. The molecule has 0 saturated heterocycles. The Labute approximate surface area is 393 Å². The van der Waals surface area contributed by atoms with E-state index in [1.165, 1.54) is 64.2 Å². The maximum absolute atomic E-state index is 13.2. The maximum Gasteiger partial charge on any atom is 0.306 e. The van der Waals surface area contributed by atoms with Crippen LogP contribution in [0.1, 0.15) is 194 Å². The average Bonchev–Trinajstić information content (AvgIpc) is 3.29. The van der Waals surface area contributed by atoms with Gasteiger partial charge >= 0.3 is 5.97 Å². The molecule has 0 rings (SSSR count). The van der Waals surface area contributed by atoms with Gasteiger partial charge in [0.1, 0.15) is 6.10 Å². The quantitative estimate of drug-likeness (QED) is 0.0245. The topological polar surface area (TPSA) is 95.9 Å². The zero-order chi connectivity index (χ0) is 46.7. The number of nitrogens with one attached hydrogen (secondary N) is 1. The van der Waals surface area contributed by atoms with E-state index in [9.17, 15) is 19.8 Å². The molecule has 3 atom stereocenters. The summed E-state index contributed by atoms with van der Waals surface area (Å²) < 4.78 is 5.86. The smallest absolute Gasteiger partial charge is 0.306 e. The van der Waals surface area contributed by atoms with Gasteiger partial charge in [0.05, 0.1) is 25.2 Å². The molecular weight excluding hydrogens is 791 g/mol. The standard InChI is InChI=1S/C58H93NO5/c1-4-7-10-13-16-19-22-25-27-28-30-33-36-39-42-45-48-51-58(63)64-54(49-46-43-40-37-34-32-29-26-23-20-17-14-11-8-5-2)52-57(62)59-55(53-60)56(61)50-47-44-41-38-35-31-24-21-18-15-12-9-6-3/h7-8,10-11,14,16-17,19-20,23,25-27,29-30,32-34,37,39-40,42,54-56,60-61H,4-6,9,12-13,15,18,21-22,24,28,31,35-36,38,41,43-53H2,1-3H3,(H,59,62)/b10-7-,11-8-,17-14+,19-16-,23-20+,27-25-,29-26-,33-30-,34-32+,40-37+,42-39-. The summed E-state index contributed by atoms with van der Waals surface area (Å²) in [4.78, 5) is 26.1. The maximum atomic E-state index is 13.2. The number of ether oxygens (including phenoxy) is 1. The van der Waals surface area contributed by atoms with Gasteiger partial charge in [-0.3, -0.25) is 9.59 Å². The number of carbonyl (C=O) groups is 2. The fourth-order valence-corrected chi connectivity index (χ4v) is 6.85. The van der Waals surface area contributed by atoms with E-state index < -0.39 is 18.2 Å². The number of carbonyl (C=O) groups excluding carboxylic acids is 2. The lowest BCUT2D eigenvalue weighted by Gasteiger charge is -2.24. The van der Waals surface area contributed by atoms with Crippen molar-refractivity contribution in [3.05, 3.63) is 134 Å². The number of esters is 1. The van der Waals surface area contributed by atoms with Crippen LogP contribution in [0.5, 0.6) is 0 Å². The molecule has 3 unspecified atom stereocenters. The van der Waals surface area contributed by atoms with Gasteiger partial charge in [0, 0.05) is 6.42 Å². The van der Waals surface area contributed by atoms with Crippen LogP contribution in [0, 0.1) is 0 Å². The molecule has 0 saturated carbocycles. The van der Waals surface area contributed by atoms with E-state index in [1.54, 1.807) is 0 Å². The van der Waals surface area contributed by atoms with Gasteiger partial charge in [-0.25, -0.2) is 0 Å². The molecule has 64 heavy (non-hydrogen) atoms. The van der Waals surface area contributed by atoms with Crippen molar-refractivity contribution < 1.29 is 24.5 Å². The van der Waals surface area contributed by atoms with Gasteiger partial charge in [-0.05, 0) is 77.0 Å².